The third kappa shape index (κ3) is 5.44. The molecule has 1 saturated heterocycles. The summed E-state index contributed by atoms with van der Waals surface area (Å²) in [5.74, 6) is -2.32. The first-order valence-electron chi connectivity index (χ1n) is 11.5. The average molecular weight is 532 g/mol. The van der Waals surface area contributed by atoms with Gasteiger partial charge in [-0.3, -0.25) is 14.3 Å². The van der Waals surface area contributed by atoms with Crippen LogP contribution in [0.5, 0.6) is 0 Å². The van der Waals surface area contributed by atoms with Gasteiger partial charge in [0, 0.05) is 18.3 Å². The number of pyridine rings is 1. The van der Waals surface area contributed by atoms with E-state index in [1.54, 1.807) is 20.8 Å². The maximum Gasteiger partial charge on any atom is 0.436 e. The van der Waals surface area contributed by atoms with E-state index in [1.165, 1.54) is 4.90 Å². The van der Waals surface area contributed by atoms with Gasteiger partial charge in [0.25, 0.3) is 0 Å². The van der Waals surface area contributed by atoms with E-state index in [9.17, 15) is 36.3 Å². The second kappa shape index (κ2) is 9.41. The molecule has 4 rings (SSSR count). The van der Waals surface area contributed by atoms with Crippen LogP contribution in [0.15, 0.2) is 17.1 Å². The van der Waals surface area contributed by atoms with Crippen molar-refractivity contribution in [2.75, 3.05) is 19.6 Å². The highest BCUT2D eigenvalue weighted by Gasteiger charge is 2.41. The number of nitrogens with zero attached hydrogens (tertiary/aromatic N) is 6. The Labute approximate surface area is 207 Å². The quantitative estimate of drug-likeness (QED) is 0.563. The smallest absolute Gasteiger partial charge is 0.436 e. The van der Waals surface area contributed by atoms with Crippen molar-refractivity contribution in [3.63, 3.8) is 0 Å². The molecule has 0 spiro atoms. The number of carbonyl (C=O) groups excluding carboxylic acids is 2. The lowest BCUT2D eigenvalue weighted by Crippen LogP contribution is -2.51. The van der Waals surface area contributed by atoms with E-state index >= 15 is 0 Å². The van der Waals surface area contributed by atoms with Crippen LogP contribution in [0.1, 0.15) is 50.3 Å². The van der Waals surface area contributed by atoms with Crippen LogP contribution in [-0.2, 0) is 28.8 Å². The minimum Gasteiger partial charge on any atom is -0.444 e. The van der Waals surface area contributed by atoms with Crippen LogP contribution >= 0.6 is 0 Å². The third-order valence-corrected chi connectivity index (χ3v) is 5.92. The Morgan fingerprint density at radius 2 is 1.86 bits per heavy atom. The number of likely N-dealkylation sites (tertiary alicyclic amines) is 1. The summed E-state index contributed by atoms with van der Waals surface area (Å²) in [5, 5.41) is 4.09. The number of halogens is 5. The van der Waals surface area contributed by atoms with E-state index in [1.807, 2.05) is 0 Å². The fourth-order valence-corrected chi connectivity index (χ4v) is 4.26. The average Bonchev–Trinajstić information content (AvgIpc) is 3.35. The Bertz CT molecular complexity index is 1270. The first kappa shape index (κ1) is 26.5. The summed E-state index contributed by atoms with van der Waals surface area (Å²) in [6, 6.07) is -0.299. The second-order valence-electron chi connectivity index (χ2n) is 9.90. The van der Waals surface area contributed by atoms with Crippen molar-refractivity contribution in [2.24, 2.45) is 0 Å². The number of aromatic nitrogens is 4. The molecule has 15 heteroatoms. The predicted molar refractivity (Wildman–Crippen MR) is 117 cm³/mol. The molecule has 4 heterocycles. The Morgan fingerprint density at radius 1 is 1.16 bits per heavy atom. The summed E-state index contributed by atoms with van der Waals surface area (Å²) in [6.07, 6.45) is -6.17. The molecule has 2 aliphatic heterocycles. The molecule has 37 heavy (non-hydrogen) atoms. The first-order chi connectivity index (χ1) is 17.2. The van der Waals surface area contributed by atoms with Crippen molar-refractivity contribution in [1.82, 2.24) is 29.1 Å². The number of fused-ring (bicyclic) bond motifs is 1. The Balaban J connectivity index is 1.71. The first-order valence-corrected chi connectivity index (χ1v) is 11.5. The molecule has 0 unspecified atom stereocenters. The van der Waals surface area contributed by atoms with E-state index < -0.39 is 65.3 Å². The van der Waals surface area contributed by atoms with Crippen LogP contribution in [0.3, 0.4) is 0 Å². The molecule has 0 aliphatic carbocycles. The van der Waals surface area contributed by atoms with E-state index in [0.29, 0.717) is 4.68 Å². The van der Waals surface area contributed by atoms with Crippen molar-refractivity contribution in [2.45, 2.75) is 64.3 Å². The minimum absolute atomic E-state index is 0.0537. The highest BCUT2D eigenvalue weighted by atomic mass is 19.4. The molecule has 2 atom stereocenters. The fraction of sp³-hybridized carbons (Fsp3) is 0.591. The van der Waals surface area contributed by atoms with Crippen molar-refractivity contribution in [3.8, 4) is 0 Å². The lowest BCUT2D eigenvalue weighted by Gasteiger charge is -2.35. The third-order valence-electron chi connectivity index (χ3n) is 5.92. The van der Waals surface area contributed by atoms with Crippen LogP contribution in [0.2, 0.25) is 0 Å². The number of hydrogen-bond acceptors (Lipinski definition) is 6. The molecular weight excluding hydrogens is 507 g/mol. The largest absolute Gasteiger partial charge is 0.444 e. The normalized spacial score (nSPS) is 20.2. The topological polar surface area (TPSA) is 103 Å². The zero-order valence-corrected chi connectivity index (χ0v) is 20.3. The van der Waals surface area contributed by atoms with Gasteiger partial charge in [-0.2, -0.15) is 18.3 Å². The van der Waals surface area contributed by atoms with Crippen LogP contribution in [-0.4, -0.2) is 72.5 Å². The number of rotatable bonds is 3. The van der Waals surface area contributed by atoms with Crippen molar-refractivity contribution >= 4 is 12.0 Å². The van der Waals surface area contributed by atoms with Gasteiger partial charge in [0.15, 0.2) is 17.3 Å². The van der Waals surface area contributed by atoms with Gasteiger partial charge >= 0.3 is 18.0 Å². The Hall–Kier alpha value is -3.52. The minimum atomic E-state index is -5.05. The lowest BCUT2D eigenvalue weighted by atomic mass is 10.1. The molecule has 1 fully saturated rings. The van der Waals surface area contributed by atoms with E-state index in [4.69, 9.17) is 4.74 Å². The van der Waals surface area contributed by atoms with Crippen LogP contribution in [0.4, 0.5) is 26.7 Å². The number of amides is 2. The van der Waals surface area contributed by atoms with Gasteiger partial charge in [0.05, 0.1) is 26.2 Å². The summed E-state index contributed by atoms with van der Waals surface area (Å²) in [7, 11) is 0. The van der Waals surface area contributed by atoms with Gasteiger partial charge in [-0.05, 0) is 33.3 Å². The summed E-state index contributed by atoms with van der Waals surface area (Å²) in [4.78, 5) is 44.7. The predicted octanol–water partition coefficient (Wildman–Crippen LogP) is 2.51. The SMILES string of the molecule is CC(C)(C)OC(=O)N1Cc2nn(Cc3ccnc(C(F)(F)F)c3F)c(=O)n2[C@@H](C(=O)N2CC[C@H](F)C2)C1. The number of hydrogen-bond donors (Lipinski definition) is 0. The van der Waals surface area contributed by atoms with E-state index in [2.05, 4.69) is 10.1 Å². The van der Waals surface area contributed by atoms with Crippen LogP contribution in [0, 0.1) is 5.82 Å². The maximum atomic E-state index is 14.5. The molecule has 10 nitrogen and oxygen atoms in total. The summed E-state index contributed by atoms with van der Waals surface area (Å²) in [5.41, 5.74) is -3.98. The lowest BCUT2D eigenvalue weighted by molar-refractivity contribution is -0.143. The number of carbonyl (C=O) groups is 2. The molecule has 0 aromatic carbocycles. The summed E-state index contributed by atoms with van der Waals surface area (Å²) >= 11 is 0. The second-order valence-corrected chi connectivity index (χ2v) is 9.90. The van der Waals surface area contributed by atoms with Gasteiger partial charge in [-0.25, -0.2) is 28.0 Å². The van der Waals surface area contributed by atoms with Crippen LogP contribution in [0.25, 0.3) is 0 Å². The van der Waals surface area contributed by atoms with Gasteiger partial charge < -0.3 is 9.64 Å². The highest BCUT2D eigenvalue weighted by molar-refractivity contribution is 5.82. The van der Waals surface area contributed by atoms with Gasteiger partial charge in [0.1, 0.15) is 17.8 Å². The molecule has 0 radical (unpaired) electrons. The van der Waals surface area contributed by atoms with Crippen molar-refractivity contribution in [1.29, 1.82) is 0 Å². The molecule has 2 aromatic heterocycles. The van der Waals surface area contributed by atoms with E-state index in [0.717, 1.165) is 21.7 Å². The van der Waals surface area contributed by atoms with Gasteiger partial charge in [-0.15, -0.1) is 0 Å². The molecular formula is C22H25F5N6O4. The number of alkyl halides is 4. The zero-order chi connectivity index (χ0) is 27.3. The zero-order valence-electron chi connectivity index (χ0n) is 20.3. The molecule has 2 aromatic rings. The molecule has 0 saturated carbocycles. The van der Waals surface area contributed by atoms with Crippen molar-refractivity contribution in [3.05, 3.63) is 45.6 Å². The number of ether oxygens (including phenoxy) is 1. The molecule has 0 N–H and O–H groups in total. The Morgan fingerprint density at radius 3 is 2.46 bits per heavy atom. The Kier molecular flexibility index (Phi) is 6.75. The highest BCUT2D eigenvalue weighted by Crippen LogP contribution is 2.31. The van der Waals surface area contributed by atoms with Crippen molar-refractivity contribution < 1.29 is 36.3 Å². The van der Waals surface area contributed by atoms with Crippen LogP contribution < -0.4 is 5.69 Å². The molecule has 0 bridgehead atoms. The van der Waals surface area contributed by atoms with E-state index in [-0.39, 0.29) is 38.4 Å². The maximum absolute atomic E-state index is 14.5. The summed E-state index contributed by atoms with van der Waals surface area (Å²) < 4.78 is 74.7. The standard InChI is InChI=1S/C22H25F5N6O4/c1-21(2,3)37-20(36)31-10-14(18(34)30-7-5-13(23)9-30)33-15(11-31)29-32(19(33)35)8-12-4-6-28-17(16(12)24)22(25,26)27/h4,6,13-14H,5,7-11H2,1-3H3/t13-,14+/m0/s1. The molecule has 202 valence electrons. The molecule has 2 amide bonds. The monoisotopic (exact) mass is 532 g/mol. The van der Waals surface area contributed by atoms with Gasteiger partial charge in [-0.1, -0.05) is 0 Å². The summed E-state index contributed by atoms with van der Waals surface area (Å²) in [6.45, 7) is 3.66. The fourth-order valence-electron chi connectivity index (χ4n) is 4.26. The van der Waals surface area contributed by atoms with Gasteiger partial charge in [0.2, 0.25) is 5.91 Å². The molecule has 2 aliphatic rings.